The molecule has 2 N–H and O–H groups in total. The largest absolute Gasteiger partial charge is 0.493 e. The molecule has 40 heavy (non-hydrogen) atoms. The minimum atomic E-state index is -0.540. The van der Waals surface area contributed by atoms with Crippen LogP contribution in [0.4, 0.5) is 0 Å². The number of ether oxygens (including phenoxy) is 4. The summed E-state index contributed by atoms with van der Waals surface area (Å²) >= 11 is 6.26. The fourth-order valence-corrected chi connectivity index (χ4v) is 4.75. The second-order valence-electron chi connectivity index (χ2n) is 9.12. The summed E-state index contributed by atoms with van der Waals surface area (Å²) in [7, 11) is 1.55. The number of aryl methyl sites for hydroxylation is 1. The Bertz CT molecular complexity index is 1670. The standard InChI is InChI=1S/C32H25ClN2O5/c1-19-7-3-5-9-23(19)32(36)39-22-12-13-24-28(16-22)40-31(35)25(17-34)30(24)20-11-14-27(29(15-20)37-2)38-18-21-8-4-6-10-26(21)33/h3-16,30H,18,35H2,1-2H3. The Morgan fingerprint density at radius 2 is 1.80 bits per heavy atom. The molecule has 0 aliphatic carbocycles. The topological polar surface area (TPSA) is 104 Å². The summed E-state index contributed by atoms with van der Waals surface area (Å²) in [6, 6.07) is 27.3. The van der Waals surface area contributed by atoms with Gasteiger partial charge in [-0.3, -0.25) is 0 Å². The molecule has 200 valence electrons. The van der Waals surface area contributed by atoms with Gasteiger partial charge in [0.25, 0.3) is 0 Å². The third kappa shape index (κ3) is 5.31. The zero-order chi connectivity index (χ0) is 28.2. The van der Waals surface area contributed by atoms with E-state index in [4.69, 9.17) is 36.3 Å². The Morgan fingerprint density at radius 1 is 1.02 bits per heavy atom. The summed E-state index contributed by atoms with van der Waals surface area (Å²) in [5, 5.41) is 10.6. The molecule has 0 radical (unpaired) electrons. The highest BCUT2D eigenvalue weighted by Crippen LogP contribution is 2.45. The lowest BCUT2D eigenvalue weighted by Gasteiger charge is -2.27. The van der Waals surface area contributed by atoms with Crippen molar-refractivity contribution in [3.05, 3.63) is 129 Å². The molecule has 4 aromatic rings. The summed E-state index contributed by atoms with van der Waals surface area (Å²) in [6.07, 6.45) is 0. The number of hydrogen-bond acceptors (Lipinski definition) is 7. The van der Waals surface area contributed by atoms with Crippen molar-refractivity contribution in [2.45, 2.75) is 19.4 Å². The number of nitriles is 1. The first-order valence-electron chi connectivity index (χ1n) is 12.4. The van der Waals surface area contributed by atoms with E-state index in [1.807, 2.05) is 43.3 Å². The Kier molecular flexibility index (Phi) is 7.63. The van der Waals surface area contributed by atoms with Crippen LogP contribution in [-0.2, 0) is 6.61 Å². The van der Waals surface area contributed by atoms with Crippen LogP contribution in [0.3, 0.4) is 0 Å². The van der Waals surface area contributed by atoms with Crippen LogP contribution >= 0.6 is 11.6 Å². The summed E-state index contributed by atoms with van der Waals surface area (Å²) in [5.41, 5.74) is 9.98. The number of nitrogens with two attached hydrogens (primary N) is 1. The van der Waals surface area contributed by atoms with Gasteiger partial charge in [-0.05, 0) is 48.4 Å². The zero-order valence-electron chi connectivity index (χ0n) is 21.8. The molecule has 0 amide bonds. The molecule has 5 rings (SSSR count). The number of rotatable bonds is 7. The van der Waals surface area contributed by atoms with Crippen molar-refractivity contribution in [3.8, 4) is 29.1 Å². The Labute approximate surface area is 236 Å². The van der Waals surface area contributed by atoms with E-state index in [1.165, 1.54) is 0 Å². The maximum absolute atomic E-state index is 12.7. The highest BCUT2D eigenvalue weighted by atomic mass is 35.5. The zero-order valence-corrected chi connectivity index (χ0v) is 22.6. The lowest BCUT2D eigenvalue weighted by atomic mass is 9.83. The quantitative estimate of drug-likeness (QED) is 0.201. The van der Waals surface area contributed by atoms with Gasteiger partial charge < -0.3 is 24.7 Å². The smallest absolute Gasteiger partial charge is 0.343 e. The average molecular weight is 553 g/mol. The van der Waals surface area contributed by atoms with Crippen molar-refractivity contribution in [3.63, 3.8) is 0 Å². The van der Waals surface area contributed by atoms with Crippen LogP contribution in [0.2, 0.25) is 5.02 Å². The van der Waals surface area contributed by atoms with Crippen LogP contribution in [0, 0.1) is 18.3 Å². The lowest BCUT2D eigenvalue weighted by Crippen LogP contribution is -2.21. The number of halogens is 1. The van der Waals surface area contributed by atoms with Crippen LogP contribution in [-0.4, -0.2) is 13.1 Å². The van der Waals surface area contributed by atoms with Gasteiger partial charge >= 0.3 is 5.97 Å². The van der Waals surface area contributed by atoms with Crippen LogP contribution in [0.5, 0.6) is 23.0 Å². The molecule has 0 saturated heterocycles. The molecule has 0 saturated carbocycles. The van der Waals surface area contributed by atoms with Gasteiger partial charge in [0, 0.05) is 22.2 Å². The first kappa shape index (κ1) is 26.7. The fraction of sp³-hybridized carbons (Fsp3) is 0.125. The SMILES string of the molecule is COc1cc(C2C(C#N)=C(N)Oc3cc(OC(=O)c4ccccc4C)ccc32)ccc1OCc1ccccc1Cl. The number of fused-ring (bicyclic) bond motifs is 1. The molecular weight excluding hydrogens is 528 g/mol. The minimum absolute atomic E-state index is 0.0274. The lowest BCUT2D eigenvalue weighted by molar-refractivity contribution is 0.0733. The molecular formula is C32H25ClN2O5. The molecule has 0 fully saturated rings. The van der Waals surface area contributed by atoms with Gasteiger partial charge in [0.1, 0.15) is 29.7 Å². The summed E-state index contributed by atoms with van der Waals surface area (Å²) in [4.78, 5) is 12.7. The Hall–Kier alpha value is -4.93. The van der Waals surface area contributed by atoms with E-state index in [0.29, 0.717) is 39.1 Å². The Morgan fingerprint density at radius 3 is 2.55 bits per heavy atom. The van der Waals surface area contributed by atoms with Gasteiger partial charge in [0.05, 0.1) is 18.6 Å². The number of esters is 1. The van der Waals surface area contributed by atoms with Gasteiger partial charge in [-0.15, -0.1) is 0 Å². The van der Waals surface area contributed by atoms with Crippen LogP contribution < -0.4 is 24.7 Å². The maximum Gasteiger partial charge on any atom is 0.343 e. The number of hydrogen-bond donors (Lipinski definition) is 1. The summed E-state index contributed by atoms with van der Waals surface area (Å²) < 4.78 is 23.0. The number of carbonyl (C=O) groups excluding carboxylic acids is 1. The summed E-state index contributed by atoms with van der Waals surface area (Å²) in [6.45, 7) is 2.10. The molecule has 1 atom stereocenters. The molecule has 8 heteroatoms. The number of methoxy groups -OCH3 is 1. The van der Waals surface area contributed by atoms with E-state index >= 15 is 0 Å². The van der Waals surface area contributed by atoms with E-state index in [9.17, 15) is 10.1 Å². The number of carbonyl (C=O) groups is 1. The molecule has 0 aromatic heterocycles. The van der Waals surface area contributed by atoms with E-state index < -0.39 is 11.9 Å². The van der Waals surface area contributed by atoms with Gasteiger partial charge in [0.2, 0.25) is 5.88 Å². The van der Waals surface area contributed by atoms with Crippen LogP contribution in [0.15, 0.2) is 96.4 Å². The molecule has 0 spiro atoms. The van der Waals surface area contributed by atoms with Crippen molar-refractivity contribution in [2.24, 2.45) is 5.73 Å². The van der Waals surface area contributed by atoms with Crippen molar-refractivity contribution >= 4 is 17.6 Å². The second-order valence-corrected chi connectivity index (χ2v) is 9.53. The Balaban J connectivity index is 1.45. The van der Waals surface area contributed by atoms with E-state index in [0.717, 1.165) is 16.7 Å². The highest BCUT2D eigenvalue weighted by molar-refractivity contribution is 6.31. The molecule has 1 aliphatic rings. The second kappa shape index (κ2) is 11.4. The van der Waals surface area contributed by atoms with Crippen LogP contribution in [0.1, 0.15) is 38.5 Å². The fourth-order valence-electron chi connectivity index (χ4n) is 4.56. The minimum Gasteiger partial charge on any atom is -0.493 e. The maximum atomic E-state index is 12.7. The number of nitrogens with zero attached hydrogens (tertiary/aromatic N) is 1. The summed E-state index contributed by atoms with van der Waals surface area (Å²) in [5.74, 6) is 0.629. The number of allylic oxidation sites excluding steroid dienone is 1. The van der Waals surface area contributed by atoms with E-state index in [2.05, 4.69) is 6.07 Å². The van der Waals surface area contributed by atoms with Gasteiger partial charge in [-0.25, -0.2) is 4.79 Å². The van der Waals surface area contributed by atoms with Crippen molar-refractivity contribution in [1.29, 1.82) is 5.26 Å². The van der Waals surface area contributed by atoms with E-state index in [1.54, 1.807) is 55.6 Å². The average Bonchev–Trinajstić information content (AvgIpc) is 2.96. The van der Waals surface area contributed by atoms with Gasteiger partial charge in [-0.2, -0.15) is 5.26 Å². The third-order valence-electron chi connectivity index (χ3n) is 6.63. The first-order chi connectivity index (χ1) is 19.4. The normalized spacial score (nSPS) is 14.0. The van der Waals surface area contributed by atoms with Crippen molar-refractivity contribution in [1.82, 2.24) is 0 Å². The third-order valence-corrected chi connectivity index (χ3v) is 7.00. The molecule has 0 bridgehead atoms. The highest BCUT2D eigenvalue weighted by Gasteiger charge is 2.32. The van der Waals surface area contributed by atoms with Gasteiger partial charge in [-0.1, -0.05) is 60.1 Å². The monoisotopic (exact) mass is 552 g/mol. The molecule has 7 nitrogen and oxygen atoms in total. The van der Waals surface area contributed by atoms with E-state index in [-0.39, 0.29) is 18.1 Å². The molecule has 1 unspecified atom stereocenters. The van der Waals surface area contributed by atoms with Crippen molar-refractivity contribution in [2.75, 3.05) is 7.11 Å². The van der Waals surface area contributed by atoms with Gasteiger partial charge in [0.15, 0.2) is 11.5 Å². The number of benzene rings is 4. The predicted octanol–water partition coefficient (Wildman–Crippen LogP) is 6.67. The van der Waals surface area contributed by atoms with Crippen LogP contribution in [0.25, 0.3) is 0 Å². The van der Waals surface area contributed by atoms with Crippen molar-refractivity contribution < 1.29 is 23.7 Å². The molecule has 1 heterocycles. The molecule has 4 aromatic carbocycles. The molecule has 1 aliphatic heterocycles. The predicted molar refractivity (Wildman–Crippen MR) is 151 cm³/mol. The first-order valence-corrected chi connectivity index (χ1v) is 12.8.